The number of nitrogens with zero attached hydrogens (tertiary/aromatic N) is 3. The van der Waals surface area contributed by atoms with Crippen molar-refractivity contribution in [3.63, 3.8) is 0 Å². The number of aromatic nitrogens is 3. The molecule has 0 spiro atoms. The van der Waals surface area contributed by atoms with E-state index in [0.717, 1.165) is 11.0 Å². The van der Waals surface area contributed by atoms with Crippen LogP contribution in [0.15, 0.2) is 5.16 Å². The highest BCUT2D eigenvalue weighted by Crippen LogP contribution is 2.43. The third-order valence-corrected chi connectivity index (χ3v) is 4.58. The summed E-state index contributed by atoms with van der Waals surface area (Å²) in [6.45, 7) is 0. The van der Waals surface area contributed by atoms with Crippen LogP contribution in [0.4, 0.5) is 0 Å². The minimum Gasteiger partial charge on any atom is -0.481 e. The van der Waals surface area contributed by atoms with E-state index in [0.29, 0.717) is 12.0 Å². The highest BCUT2D eigenvalue weighted by molar-refractivity contribution is 7.99. The Bertz CT molecular complexity index is 450. The second-order valence-corrected chi connectivity index (χ2v) is 6.05. The molecule has 1 N–H and O–H groups in total. The largest absolute Gasteiger partial charge is 0.481 e. The standard InChI is InChI=1S/C12H17N3O2S/c16-10(17)7-18-12-14-13-11(8-3-1-2-4-8)15(12)9-5-6-9/h8-9H,1-7H2,(H,16,17). The summed E-state index contributed by atoms with van der Waals surface area (Å²) < 4.78 is 2.21. The van der Waals surface area contributed by atoms with Crippen LogP contribution >= 0.6 is 11.8 Å². The normalized spacial score (nSPS) is 20.4. The third-order valence-electron chi connectivity index (χ3n) is 3.65. The maximum absolute atomic E-state index is 10.7. The number of hydrogen-bond donors (Lipinski definition) is 1. The SMILES string of the molecule is O=C(O)CSc1nnc(C2CCCC2)n1C1CC1. The quantitative estimate of drug-likeness (QED) is 0.830. The molecule has 0 saturated heterocycles. The van der Waals surface area contributed by atoms with Crippen molar-refractivity contribution in [2.24, 2.45) is 0 Å². The van der Waals surface area contributed by atoms with E-state index in [2.05, 4.69) is 14.8 Å². The van der Waals surface area contributed by atoms with Crippen LogP contribution in [0.25, 0.3) is 0 Å². The van der Waals surface area contributed by atoms with E-state index < -0.39 is 5.97 Å². The molecule has 0 unspecified atom stereocenters. The van der Waals surface area contributed by atoms with Gasteiger partial charge in [0.2, 0.25) is 0 Å². The van der Waals surface area contributed by atoms with Crippen molar-refractivity contribution in [3.8, 4) is 0 Å². The fraction of sp³-hybridized carbons (Fsp3) is 0.750. The van der Waals surface area contributed by atoms with Gasteiger partial charge in [0.1, 0.15) is 5.82 Å². The van der Waals surface area contributed by atoms with Crippen LogP contribution in [0.5, 0.6) is 0 Å². The zero-order valence-electron chi connectivity index (χ0n) is 10.2. The summed E-state index contributed by atoms with van der Waals surface area (Å²) in [6, 6.07) is 0.520. The van der Waals surface area contributed by atoms with E-state index in [9.17, 15) is 4.79 Å². The Balaban J connectivity index is 1.82. The zero-order valence-corrected chi connectivity index (χ0v) is 11.0. The number of carbonyl (C=O) groups is 1. The summed E-state index contributed by atoms with van der Waals surface area (Å²) in [5.41, 5.74) is 0. The highest BCUT2D eigenvalue weighted by atomic mass is 32.2. The van der Waals surface area contributed by atoms with Crippen molar-refractivity contribution in [1.29, 1.82) is 0 Å². The Morgan fingerprint density at radius 2 is 2.00 bits per heavy atom. The second-order valence-electron chi connectivity index (χ2n) is 5.11. The monoisotopic (exact) mass is 267 g/mol. The van der Waals surface area contributed by atoms with Crippen LogP contribution < -0.4 is 0 Å². The van der Waals surface area contributed by atoms with Gasteiger partial charge < -0.3 is 9.67 Å². The molecule has 2 aliphatic carbocycles. The Labute approximate surface area is 110 Å². The van der Waals surface area contributed by atoms with E-state index in [1.807, 2.05) is 0 Å². The van der Waals surface area contributed by atoms with Crippen molar-refractivity contribution < 1.29 is 9.90 Å². The maximum atomic E-state index is 10.7. The Hall–Kier alpha value is -1.04. The number of carboxylic acids is 1. The molecule has 2 aliphatic rings. The van der Waals surface area contributed by atoms with Gasteiger partial charge >= 0.3 is 5.97 Å². The first-order chi connectivity index (χ1) is 8.75. The fourth-order valence-electron chi connectivity index (χ4n) is 2.65. The van der Waals surface area contributed by atoms with E-state index in [1.165, 1.54) is 50.3 Å². The molecule has 2 saturated carbocycles. The minimum atomic E-state index is -0.798. The van der Waals surface area contributed by atoms with Gasteiger partial charge in [-0.15, -0.1) is 10.2 Å². The Morgan fingerprint density at radius 1 is 1.28 bits per heavy atom. The first kappa shape index (κ1) is 12.0. The lowest BCUT2D eigenvalue weighted by Gasteiger charge is -2.12. The van der Waals surface area contributed by atoms with Crippen LogP contribution in [0.2, 0.25) is 0 Å². The molecule has 5 nitrogen and oxygen atoms in total. The summed E-state index contributed by atoms with van der Waals surface area (Å²) in [7, 11) is 0. The molecule has 3 rings (SSSR count). The third kappa shape index (κ3) is 2.39. The van der Waals surface area contributed by atoms with Gasteiger partial charge in [0.05, 0.1) is 5.75 Å². The van der Waals surface area contributed by atoms with Gasteiger partial charge in [-0.2, -0.15) is 0 Å². The van der Waals surface area contributed by atoms with E-state index >= 15 is 0 Å². The molecule has 98 valence electrons. The first-order valence-electron chi connectivity index (χ1n) is 6.55. The van der Waals surface area contributed by atoms with Gasteiger partial charge in [-0.1, -0.05) is 24.6 Å². The average Bonchev–Trinajstić information content (AvgIpc) is 2.90. The molecule has 0 bridgehead atoms. The van der Waals surface area contributed by atoms with Gasteiger partial charge in [-0.05, 0) is 25.7 Å². The summed E-state index contributed by atoms with van der Waals surface area (Å²) in [5, 5.41) is 18.1. The predicted molar refractivity (Wildman–Crippen MR) is 67.9 cm³/mol. The molecule has 0 amide bonds. The number of aliphatic carboxylic acids is 1. The number of hydrogen-bond acceptors (Lipinski definition) is 4. The Kier molecular flexibility index (Phi) is 3.28. The zero-order chi connectivity index (χ0) is 12.5. The molecule has 1 aromatic heterocycles. The molecular weight excluding hydrogens is 250 g/mol. The topological polar surface area (TPSA) is 68.0 Å². The van der Waals surface area contributed by atoms with E-state index in [1.54, 1.807) is 0 Å². The van der Waals surface area contributed by atoms with Crippen molar-refractivity contribution in [2.45, 2.75) is 55.6 Å². The van der Waals surface area contributed by atoms with Crippen molar-refractivity contribution in [2.75, 3.05) is 5.75 Å². The molecule has 6 heteroatoms. The van der Waals surface area contributed by atoms with Crippen LogP contribution in [-0.4, -0.2) is 31.6 Å². The van der Waals surface area contributed by atoms with E-state index in [4.69, 9.17) is 5.11 Å². The van der Waals surface area contributed by atoms with Crippen LogP contribution in [0.1, 0.15) is 56.3 Å². The van der Waals surface area contributed by atoms with Gasteiger partial charge in [0, 0.05) is 12.0 Å². The van der Waals surface area contributed by atoms with Crippen LogP contribution in [-0.2, 0) is 4.79 Å². The average molecular weight is 267 g/mol. The minimum absolute atomic E-state index is 0.0650. The first-order valence-corrected chi connectivity index (χ1v) is 7.53. The molecule has 2 fully saturated rings. The smallest absolute Gasteiger partial charge is 0.313 e. The molecular formula is C12H17N3O2S. The van der Waals surface area contributed by atoms with E-state index in [-0.39, 0.29) is 5.75 Å². The van der Waals surface area contributed by atoms with Gasteiger partial charge in [-0.25, -0.2) is 0 Å². The van der Waals surface area contributed by atoms with Crippen LogP contribution in [0, 0.1) is 0 Å². The molecule has 0 aliphatic heterocycles. The summed E-state index contributed by atoms with van der Waals surface area (Å²) in [6.07, 6.45) is 7.32. The summed E-state index contributed by atoms with van der Waals surface area (Å²) in [5.74, 6) is 0.906. The summed E-state index contributed by atoms with van der Waals surface area (Å²) >= 11 is 1.29. The van der Waals surface area contributed by atoms with Gasteiger partial charge in [0.25, 0.3) is 0 Å². The number of rotatable bonds is 5. The molecule has 0 radical (unpaired) electrons. The Morgan fingerprint density at radius 3 is 2.61 bits per heavy atom. The molecule has 1 heterocycles. The molecule has 18 heavy (non-hydrogen) atoms. The lowest BCUT2D eigenvalue weighted by Crippen LogP contribution is -2.07. The number of thioether (sulfide) groups is 1. The number of carboxylic acid groups (broad SMARTS) is 1. The van der Waals surface area contributed by atoms with Crippen molar-refractivity contribution >= 4 is 17.7 Å². The highest BCUT2D eigenvalue weighted by Gasteiger charge is 2.33. The van der Waals surface area contributed by atoms with Gasteiger partial charge in [0.15, 0.2) is 5.16 Å². The maximum Gasteiger partial charge on any atom is 0.313 e. The lowest BCUT2D eigenvalue weighted by molar-refractivity contribution is -0.133. The predicted octanol–water partition coefficient (Wildman–Crippen LogP) is 2.45. The molecule has 0 aromatic carbocycles. The molecule has 0 atom stereocenters. The lowest BCUT2D eigenvalue weighted by atomic mass is 10.1. The van der Waals surface area contributed by atoms with Gasteiger partial charge in [-0.3, -0.25) is 4.79 Å². The second kappa shape index (κ2) is 4.91. The van der Waals surface area contributed by atoms with Crippen molar-refractivity contribution in [1.82, 2.24) is 14.8 Å². The summed E-state index contributed by atoms with van der Waals surface area (Å²) in [4.78, 5) is 10.7. The van der Waals surface area contributed by atoms with Crippen LogP contribution in [0.3, 0.4) is 0 Å². The fourth-order valence-corrected chi connectivity index (χ4v) is 3.38. The van der Waals surface area contributed by atoms with Crippen molar-refractivity contribution in [3.05, 3.63) is 5.82 Å². The molecule has 1 aromatic rings.